The number of nitrogens with one attached hydrogen (secondary N) is 1. The van der Waals surface area contributed by atoms with Gasteiger partial charge >= 0.3 is 0 Å². The Kier molecular flexibility index (Phi) is 4.31. The Balaban J connectivity index is 1.98. The van der Waals surface area contributed by atoms with Crippen molar-refractivity contribution in [1.29, 1.82) is 0 Å². The number of hydrogen-bond donors (Lipinski definition) is 4. The predicted molar refractivity (Wildman–Crippen MR) is 72.9 cm³/mol. The zero-order valence-corrected chi connectivity index (χ0v) is 11.1. The third-order valence-electron chi connectivity index (χ3n) is 2.85. The van der Waals surface area contributed by atoms with Gasteiger partial charge in [-0.25, -0.2) is 0 Å². The van der Waals surface area contributed by atoms with Gasteiger partial charge in [0.15, 0.2) is 11.5 Å². The van der Waals surface area contributed by atoms with Crippen molar-refractivity contribution in [1.82, 2.24) is 9.78 Å². The highest BCUT2D eigenvalue weighted by Gasteiger charge is 2.10. The number of hydrogen-bond acceptors (Lipinski definition) is 6. The van der Waals surface area contributed by atoms with Crippen LogP contribution in [0.15, 0.2) is 24.5 Å². The summed E-state index contributed by atoms with van der Waals surface area (Å²) >= 11 is 0. The zero-order valence-electron chi connectivity index (χ0n) is 11.1. The fourth-order valence-electron chi connectivity index (χ4n) is 1.71. The fraction of sp³-hybridized carbons (Fsp3) is 0.308. The van der Waals surface area contributed by atoms with Gasteiger partial charge in [0.25, 0.3) is 0 Å². The normalized spacial score (nSPS) is 10.7. The molecule has 0 spiro atoms. The molecule has 0 saturated carbocycles. The lowest BCUT2D eigenvalue weighted by atomic mass is 10.1. The molecule has 7 nitrogen and oxygen atoms in total. The molecule has 0 fully saturated rings. The molecule has 1 aromatic heterocycles. The second kappa shape index (κ2) is 6.16. The van der Waals surface area contributed by atoms with Crippen LogP contribution in [0.4, 0.5) is 5.69 Å². The smallest absolute Gasteiger partial charge is 0.200 e. The van der Waals surface area contributed by atoms with Crippen LogP contribution in [0.3, 0.4) is 0 Å². The van der Waals surface area contributed by atoms with Crippen LogP contribution >= 0.6 is 0 Å². The molecule has 0 amide bonds. The standard InChI is InChI=1S/C13H17N3O4/c1-20-5-4-16-8-10(7-15-16)14-6-9-2-3-11(17)13(19)12(9)18/h2-3,7-8,14,17-19H,4-6H2,1H3. The van der Waals surface area contributed by atoms with E-state index in [0.717, 1.165) is 5.69 Å². The number of phenols is 3. The average molecular weight is 279 g/mol. The largest absolute Gasteiger partial charge is 0.504 e. The molecule has 0 atom stereocenters. The number of aromatic hydroxyl groups is 3. The van der Waals surface area contributed by atoms with Crippen LogP contribution in [0, 0.1) is 0 Å². The van der Waals surface area contributed by atoms with Gasteiger partial charge in [0.1, 0.15) is 0 Å². The second-order valence-corrected chi connectivity index (χ2v) is 4.28. The van der Waals surface area contributed by atoms with E-state index in [2.05, 4.69) is 10.4 Å². The molecule has 20 heavy (non-hydrogen) atoms. The van der Waals surface area contributed by atoms with E-state index in [4.69, 9.17) is 4.74 Å². The van der Waals surface area contributed by atoms with Gasteiger partial charge in [-0.15, -0.1) is 0 Å². The maximum atomic E-state index is 9.69. The SMILES string of the molecule is COCCn1cc(NCc2ccc(O)c(O)c2O)cn1. The fourth-order valence-corrected chi connectivity index (χ4v) is 1.71. The van der Waals surface area contributed by atoms with Gasteiger partial charge in [0.05, 0.1) is 25.0 Å². The molecule has 1 heterocycles. The Bertz CT molecular complexity index is 583. The van der Waals surface area contributed by atoms with Gasteiger partial charge in [0, 0.05) is 25.4 Å². The summed E-state index contributed by atoms with van der Waals surface area (Å²) in [7, 11) is 1.63. The minimum absolute atomic E-state index is 0.301. The predicted octanol–water partition coefficient (Wildman–Crippen LogP) is 1.26. The minimum Gasteiger partial charge on any atom is -0.504 e. The van der Waals surface area contributed by atoms with Gasteiger partial charge < -0.3 is 25.4 Å². The van der Waals surface area contributed by atoms with E-state index in [9.17, 15) is 15.3 Å². The first-order valence-electron chi connectivity index (χ1n) is 6.10. The molecule has 0 unspecified atom stereocenters. The number of anilines is 1. The van der Waals surface area contributed by atoms with Gasteiger partial charge in [-0.2, -0.15) is 5.10 Å². The third kappa shape index (κ3) is 3.12. The van der Waals surface area contributed by atoms with Gasteiger partial charge in [-0.3, -0.25) is 4.68 Å². The highest BCUT2D eigenvalue weighted by molar-refractivity contribution is 5.54. The van der Waals surface area contributed by atoms with Crippen LogP contribution in [0.1, 0.15) is 5.56 Å². The number of rotatable bonds is 6. The molecule has 0 aliphatic carbocycles. The minimum atomic E-state index is -0.514. The maximum Gasteiger partial charge on any atom is 0.200 e. The van der Waals surface area contributed by atoms with Crippen LogP contribution in [0.25, 0.3) is 0 Å². The molecule has 0 saturated heterocycles. The molecule has 4 N–H and O–H groups in total. The Morgan fingerprint density at radius 2 is 2.05 bits per heavy atom. The molecule has 0 aliphatic rings. The molecule has 0 radical (unpaired) electrons. The number of methoxy groups -OCH3 is 1. The molecule has 7 heteroatoms. The van der Waals surface area contributed by atoms with Crippen molar-refractivity contribution in [2.75, 3.05) is 19.0 Å². The Labute approximate surface area is 116 Å². The van der Waals surface area contributed by atoms with E-state index in [1.54, 1.807) is 18.0 Å². The average Bonchev–Trinajstić information content (AvgIpc) is 2.90. The highest BCUT2D eigenvalue weighted by atomic mass is 16.5. The van der Waals surface area contributed by atoms with E-state index in [-0.39, 0.29) is 11.5 Å². The van der Waals surface area contributed by atoms with Crippen molar-refractivity contribution in [3.8, 4) is 17.2 Å². The molecule has 2 aromatic rings. The molecule has 1 aromatic carbocycles. The molecule has 0 aliphatic heterocycles. The first-order valence-corrected chi connectivity index (χ1v) is 6.10. The quantitative estimate of drug-likeness (QED) is 0.594. The Morgan fingerprint density at radius 3 is 2.80 bits per heavy atom. The first kappa shape index (κ1) is 14.0. The highest BCUT2D eigenvalue weighted by Crippen LogP contribution is 2.37. The van der Waals surface area contributed by atoms with Crippen LogP contribution in [0.5, 0.6) is 17.2 Å². The van der Waals surface area contributed by atoms with E-state index < -0.39 is 5.75 Å². The lowest BCUT2D eigenvalue weighted by Crippen LogP contribution is -2.04. The van der Waals surface area contributed by atoms with Crippen molar-refractivity contribution in [3.05, 3.63) is 30.1 Å². The van der Waals surface area contributed by atoms with Gasteiger partial charge in [-0.1, -0.05) is 0 Å². The molecule has 108 valence electrons. The summed E-state index contributed by atoms with van der Waals surface area (Å²) in [5.74, 6) is -1.19. The summed E-state index contributed by atoms with van der Waals surface area (Å²) in [6.07, 6.45) is 3.48. The number of ether oxygens (including phenoxy) is 1. The summed E-state index contributed by atoms with van der Waals surface area (Å²) < 4.78 is 6.69. The number of aromatic nitrogens is 2. The van der Waals surface area contributed by atoms with Crippen LogP contribution < -0.4 is 5.32 Å². The summed E-state index contributed by atoms with van der Waals surface area (Å²) in [6.45, 7) is 1.53. The zero-order chi connectivity index (χ0) is 14.5. The second-order valence-electron chi connectivity index (χ2n) is 4.28. The van der Waals surface area contributed by atoms with Crippen LogP contribution in [-0.4, -0.2) is 38.8 Å². The topological polar surface area (TPSA) is 99.8 Å². The monoisotopic (exact) mass is 279 g/mol. The first-order chi connectivity index (χ1) is 9.61. The van der Waals surface area contributed by atoms with Crippen LogP contribution in [-0.2, 0) is 17.8 Å². The number of nitrogens with zero attached hydrogens (tertiary/aromatic N) is 2. The van der Waals surface area contributed by atoms with Crippen LogP contribution in [0.2, 0.25) is 0 Å². The summed E-state index contributed by atoms with van der Waals surface area (Å²) in [5, 5.41) is 35.6. The number of phenolic OH excluding ortho intramolecular Hbond substituents is 3. The lowest BCUT2D eigenvalue weighted by molar-refractivity contribution is 0.183. The molecular weight excluding hydrogens is 262 g/mol. The van der Waals surface area contributed by atoms with E-state index in [0.29, 0.717) is 25.3 Å². The molecule has 2 rings (SSSR count). The van der Waals surface area contributed by atoms with Gasteiger partial charge in [0.2, 0.25) is 5.75 Å². The van der Waals surface area contributed by atoms with Gasteiger partial charge in [-0.05, 0) is 12.1 Å². The van der Waals surface area contributed by atoms with Crippen molar-refractivity contribution < 1.29 is 20.1 Å². The van der Waals surface area contributed by atoms with E-state index >= 15 is 0 Å². The third-order valence-corrected chi connectivity index (χ3v) is 2.85. The summed E-state index contributed by atoms with van der Waals surface area (Å²) in [5.41, 5.74) is 1.26. The molecular formula is C13H17N3O4. The Morgan fingerprint density at radius 1 is 1.25 bits per heavy atom. The number of benzene rings is 1. The summed E-state index contributed by atoms with van der Waals surface area (Å²) in [4.78, 5) is 0. The lowest BCUT2D eigenvalue weighted by Gasteiger charge is -2.08. The van der Waals surface area contributed by atoms with Crippen molar-refractivity contribution in [2.45, 2.75) is 13.1 Å². The maximum absolute atomic E-state index is 9.69. The van der Waals surface area contributed by atoms with E-state index in [1.807, 2.05) is 6.20 Å². The van der Waals surface area contributed by atoms with Crippen molar-refractivity contribution in [2.24, 2.45) is 0 Å². The summed E-state index contributed by atoms with van der Waals surface area (Å²) in [6, 6.07) is 2.86. The molecule has 0 bridgehead atoms. The van der Waals surface area contributed by atoms with Crippen molar-refractivity contribution in [3.63, 3.8) is 0 Å². The van der Waals surface area contributed by atoms with Crippen molar-refractivity contribution >= 4 is 5.69 Å². The Hall–Kier alpha value is -2.41. The van der Waals surface area contributed by atoms with E-state index in [1.165, 1.54) is 12.1 Å².